The topological polar surface area (TPSA) is 70.7 Å². The molecule has 0 radical (unpaired) electrons. The third kappa shape index (κ3) is 5.96. The molecule has 39 heavy (non-hydrogen) atoms. The molecular weight excluding hydrogens is 526 g/mol. The maximum absolute atomic E-state index is 13.6. The van der Waals surface area contributed by atoms with Gasteiger partial charge in [0.15, 0.2) is 12.4 Å². The maximum atomic E-state index is 13.6. The normalized spacial score (nSPS) is 16.0. The SMILES string of the molecule is Cc1cn(-c2ccc(/C=C/c3nc4n(n3)CCCC4c3ccccc3C(F)(F)F)nc2OCC(F)(F)F)cn1. The van der Waals surface area contributed by atoms with Crippen molar-refractivity contribution in [1.29, 1.82) is 0 Å². The van der Waals surface area contributed by atoms with Crippen LogP contribution in [0.4, 0.5) is 26.3 Å². The fourth-order valence-corrected chi connectivity index (χ4v) is 4.50. The summed E-state index contributed by atoms with van der Waals surface area (Å²) in [5.74, 6) is -0.154. The first-order valence-electron chi connectivity index (χ1n) is 12.0. The molecule has 1 aliphatic rings. The fraction of sp³-hybridized carbons (Fsp3) is 0.308. The summed E-state index contributed by atoms with van der Waals surface area (Å²) in [6.07, 6.45) is -1.86. The summed E-state index contributed by atoms with van der Waals surface area (Å²) < 4.78 is 87.5. The van der Waals surface area contributed by atoms with Crippen LogP contribution >= 0.6 is 0 Å². The number of ether oxygens (including phenoxy) is 1. The largest absolute Gasteiger partial charge is 0.467 e. The molecule has 1 aliphatic heterocycles. The summed E-state index contributed by atoms with van der Waals surface area (Å²) >= 11 is 0. The Morgan fingerprint density at radius 1 is 1.03 bits per heavy atom. The molecule has 0 N–H and O–H groups in total. The molecule has 0 fully saturated rings. The molecule has 1 unspecified atom stereocenters. The number of rotatable bonds is 6. The molecule has 0 bridgehead atoms. The predicted octanol–water partition coefficient (Wildman–Crippen LogP) is 6.22. The summed E-state index contributed by atoms with van der Waals surface area (Å²) in [7, 11) is 0. The van der Waals surface area contributed by atoms with Crippen molar-refractivity contribution in [3.8, 4) is 11.6 Å². The molecule has 0 saturated carbocycles. The molecule has 0 spiro atoms. The number of nitrogens with zero attached hydrogens (tertiary/aromatic N) is 6. The van der Waals surface area contributed by atoms with Gasteiger partial charge in [0, 0.05) is 18.7 Å². The molecule has 5 rings (SSSR count). The number of halogens is 6. The Hall–Kier alpha value is -4.16. The molecule has 1 aromatic carbocycles. The molecule has 0 saturated heterocycles. The van der Waals surface area contributed by atoms with Gasteiger partial charge in [-0.1, -0.05) is 18.2 Å². The van der Waals surface area contributed by atoms with Gasteiger partial charge in [-0.25, -0.2) is 19.6 Å². The van der Waals surface area contributed by atoms with Crippen LogP contribution in [0.25, 0.3) is 17.8 Å². The van der Waals surface area contributed by atoms with Crippen LogP contribution in [0.1, 0.15) is 52.9 Å². The highest BCUT2D eigenvalue weighted by atomic mass is 19.4. The molecule has 0 aliphatic carbocycles. The smallest absolute Gasteiger partial charge is 0.422 e. The monoisotopic (exact) mass is 548 g/mol. The molecule has 4 aromatic rings. The standard InChI is InChI=1S/C26H22F6N6O/c1-16-13-37(15-33-16)21-10-8-17(34-24(21)39-14-25(27,28)29)9-11-22-35-23-19(6-4-12-38(23)36-22)18-5-2-3-7-20(18)26(30,31)32/h2-3,5,7-11,13,15,19H,4,6,12,14H2,1H3/b11-9+. The summed E-state index contributed by atoms with van der Waals surface area (Å²) in [5.41, 5.74) is 0.657. The highest BCUT2D eigenvalue weighted by Gasteiger charge is 2.37. The van der Waals surface area contributed by atoms with E-state index in [1.807, 2.05) is 0 Å². The second kappa shape index (κ2) is 10.2. The van der Waals surface area contributed by atoms with Crippen molar-refractivity contribution in [1.82, 2.24) is 29.3 Å². The van der Waals surface area contributed by atoms with Crippen LogP contribution in [0.2, 0.25) is 0 Å². The van der Waals surface area contributed by atoms with Crippen LogP contribution in [0.5, 0.6) is 5.88 Å². The van der Waals surface area contributed by atoms with E-state index in [9.17, 15) is 26.3 Å². The summed E-state index contributed by atoms with van der Waals surface area (Å²) in [6.45, 7) is 0.721. The van der Waals surface area contributed by atoms with E-state index in [0.717, 1.165) is 6.07 Å². The number of aromatic nitrogens is 6. The Bertz CT molecular complexity index is 1500. The van der Waals surface area contributed by atoms with Crippen molar-refractivity contribution in [3.05, 3.63) is 83.1 Å². The zero-order chi connectivity index (χ0) is 27.8. The minimum Gasteiger partial charge on any atom is -0.467 e. The predicted molar refractivity (Wildman–Crippen MR) is 129 cm³/mol. The third-order valence-electron chi connectivity index (χ3n) is 6.16. The zero-order valence-corrected chi connectivity index (χ0v) is 20.5. The van der Waals surface area contributed by atoms with Gasteiger partial charge in [-0.3, -0.25) is 0 Å². The maximum Gasteiger partial charge on any atom is 0.422 e. The van der Waals surface area contributed by atoms with Gasteiger partial charge >= 0.3 is 12.4 Å². The van der Waals surface area contributed by atoms with E-state index in [0.29, 0.717) is 30.9 Å². The average Bonchev–Trinajstić information content (AvgIpc) is 3.51. The van der Waals surface area contributed by atoms with Gasteiger partial charge in [-0.2, -0.15) is 31.4 Å². The number of hydrogen-bond donors (Lipinski definition) is 0. The van der Waals surface area contributed by atoms with E-state index in [2.05, 4.69) is 20.1 Å². The Balaban J connectivity index is 1.44. The molecule has 4 heterocycles. The van der Waals surface area contributed by atoms with Crippen LogP contribution in [-0.2, 0) is 12.7 Å². The average molecular weight is 548 g/mol. The van der Waals surface area contributed by atoms with E-state index < -0.39 is 30.4 Å². The number of pyridine rings is 1. The van der Waals surface area contributed by atoms with Crippen molar-refractivity contribution >= 4 is 12.2 Å². The lowest BCUT2D eigenvalue weighted by Crippen LogP contribution is -2.21. The summed E-state index contributed by atoms with van der Waals surface area (Å²) in [6, 6.07) is 8.58. The molecule has 0 amide bonds. The number of alkyl halides is 6. The van der Waals surface area contributed by atoms with Gasteiger partial charge in [0.05, 0.1) is 23.3 Å². The van der Waals surface area contributed by atoms with Crippen molar-refractivity contribution in [2.75, 3.05) is 6.61 Å². The van der Waals surface area contributed by atoms with Crippen molar-refractivity contribution in [3.63, 3.8) is 0 Å². The van der Waals surface area contributed by atoms with E-state index >= 15 is 0 Å². The van der Waals surface area contributed by atoms with Crippen LogP contribution in [0.15, 0.2) is 48.9 Å². The van der Waals surface area contributed by atoms with Gasteiger partial charge in [-0.05, 0) is 55.7 Å². The summed E-state index contributed by atoms with van der Waals surface area (Å²) in [4.78, 5) is 12.8. The van der Waals surface area contributed by atoms with Gasteiger partial charge in [0.2, 0.25) is 5.88 Å². The molecule has 204 valence electrons. The molecule has 3 aromatic heterocycles. The second-order valence-electron chi connectivity index (χ2n) is 9.05. The number of fused-ring (bicyclic) bond motifs is 1. The molecule has 1 atom stereocenters. The zero-order valence-electron chi connectivity index (χ0n) is 20.5. The lowest BCUT2D eigenvalue weighted by Gasteiger charge is -2.25. The highest BCUT2D eigenvalue weighted by Crippen LogP contribution is 2.40. The Kier molecular flexibility index (Phi) is 6.91. The van der Waals surface area contributed by atoms with Crippen LogP contribution in [0, 0.1) is 6.92 Å². The van der Waals surface area contributed by atoms with Crippen molar-refractivity contribution in [2.45, 2.75) is 44.6 Å². The lowest BCUT2D eigenvalue weighted by atomic mass is 9.88. The van der Waals surface area contributed by atoms with Gasteiger partial charge in [0.25, 0.3) is 0 Å². The van der Waals surface area contributed by atoms with Crippen LogP contribution in [-0.4, -0.2) is 42.1 Å². The first-order valence-corrected chi connectivity index (χ1v) is 12.0. The van der Waals surface area contributed by atoms with Crippen LogP contribution < -0.4 is 4.74 Å². The number of benzene rings is 1. The Morgan fingerprint density at radius 3 is 2.54 bits per heavy atom. The molecule has 7 nitrogen and oxygen atoms in total. The highest BCUT2D eigenvalue weighted by molar-refractivity contribution is 5.65. The van der Waals surface area contributed by atoms with E-state index in [1.54, 1.807) is 36.0 Å². The van der Waals surface area contributed by atoms with Gasteiger partial charge in [-0.15, -0.1) is 0 Å². The van der Waals surface area contributed by atoms with Gasteiger partial charge in [0.1, 0.15) is 11.5 Å². The minimum atomic E-state index is -4.56. The molecule has 13 heteroatoms. The Labute approximate surface area is 218 Å². The van der Waals surface area contributed by atoms with E-state index in [-0.39, 0.29) is 28.6 Å². The summed E-state index contributed by atoms with van der Waals surface area (Å²) in [5, 5.41) is 4.41. The third-order valence-corrected chi connectivity index (χ3v) is 6.16. The number of aryl methyl sites for hydroxylation is 2. The Morgan fingerprint density at radius 2 is 1.82 bits per heavy atom. The number of hydrogen-bond acceptors (Lipinski definition) is 5. The first kappa shape index (κ1) is 26.4. The second-order valence-corrected chi connectivity index (χ2v) is 9.05. The van der Waals surface area contributed by atoms with E-state index in [1.165, 1.54) is 35.2 Å². The minimum absolute atomic E-state index is 0.146. The fourth-order valence-electron chi connectivity index (χ4n) is 4.50. The quantitative estimate of drug-likeness (QED) is 0.268. The first-order chi connectivity index (χ1) is 18.5. The lowest BCUT2D eigenvalue weighted by molar-refractivity contribution is -0.154. The van der Waals surface area contributed by atoms with Crippen LogP contribution in [0.3, 0.4) is 0 Å². The number of imidazole rings is 1. The van der Waals surface area contributed by atoms with Gasteiger partial charge < -0.3 is 9.30 Å². The molecular formula is C26H22F6N6O. The van der Waals surface area contributed by atoms with E-state index in [4.69, 9.17) is 4.74 Å². The van der Waals surface area contributed by atoms with Crippen molar-refractivity contribution in [2.24, 2.45) is 0 Å². The van der Waals surface area contributed by atoms with Crippen molar-refractivity contribution < 1.29 is 31.1 Å².